The minimum absolute atomic E-state index is 0.0204. The van der Waals surface area contributed by atoms with Crippen LogP contribution >= 0.6 is 11.8 Å². The zero-order chi connectivity index (χ0) is 21.8. The summed E-state index contributed by atoms with van der Waals surface area (Å²) in [5.41, 5.74) is -0.670. The lowest BCUT2D eigenvalue weighted by Crippen LogP contribution is -2.19. The quantitative estimate of drug-likeness (QED) is 0.541. The van der Waals surface area contributed by atoms with Crippen LogP contribution in [0.2, 0.25) is 0 Å². The molecular weight excluding hydrogens is 437 g/mol. The molecule has 0 unspecified atom stereocenters. The first-order valence-corrected chi connectivity index (χ1v) is 10.3. The van der Waals surface area contributed by atoms with E-state index < -0.39 is 17.6 Å². The van der Waals surface area contributed by atoms with Crippen molar-refractivity contribution in [1.29, 1.82) is 0 Å². The third-order valence-electron chi connectivity index (χ3n) is 4.50. The van der Waals surface area contributed by atoms with Crippen molar-refractivity contribution < 1.29 is 22.7 Å². The van der Waals surface area contributed by atoms with E-state index in [4.69, 9.17) is 4.74 Å². The number of hydrogen-bond donors (Lipinski definition) is 1. The van der Waals surface area contributed by atoms with Crippen molar-refractivity contribution in [2.24, 2.45) is 0 Å². The lowest BCUT2D eigenvalue weighted by atomic mass is 10.1. The average molecular weight is 454 g/mol. The van der Waals surface area contributed by atoms with Gasteiger partial charge in [-0.3, -0.25) is 4.79 Å². The molecule has 4 rings (SSSR count). The van der Waals surface area contributed by atoms with E-state index in [0.29, 0.717) is 18.3 Å². The highest BCUT2D eigenvalue weighted by Gasteiger charge is 2.31. The SMILES string of the molecule is O=C(CSc1nnnn1C[C@@H]1CCCO1)Nc1cc(C(F)(F)F)ccc1-n1cncn1. The minimum atomic E-state index is -4.56. The highest BCUT2D eigenvalue weighted by Crippen LogP contribution is 2.33. The van der Waals surface area contributed by atoms with Gasteiger partial charge in [0.2, 0.25) is 11.1 Å². The molecule has 164 valence electrons. The largest absolute Gasteiger partial charge is 0.416 e. The third-order valence-corrected chi connectivity index (χ3v) is 5.45. The normalized spacial score (nSPS) is 16.5. The Balaban J connectivity index is 1.45. The molecule has 3 heterocycles. The number of nitrogens with zero attached hydrogens (tertiary/aromatic N) is 7. The van der Waals surface area contributed by atoms with Crippen LogP contribution in [0, 0.1) is 0 Å². The Kier molecular flexibility index (Phi) is 6.18. The number of aromatic nitrogens is 7. The van der Waals surface area contributed by atoms with E-state index >= 15 is 0 Å². The first-order chi connectivity index (χ1) is 14.9. The van der Waals surface area contributed by atoms with E-state index in [9.17, 15) is 18.0 Å². The van der Waals surface area contributed by atoms with Crippen molar-refractivity contribution in [2.75, 3.05) is 17.7 Å². The summed E-state index contributed by atoms with van der Waals surface area (Å²) in [6.45, 7) is 1.17. The average Bonchev–Trinajstić information content (AvgIpc) is 3.49. The molecule has 31 heavy (non-hydrogen) atoms. The number of halogens is 3. The molecule has 1 saturated heterocycles. The van der Waals surface area contributed by atoms with Gasteiger partial charge >= 0.3 is 6.18 Å². The van der Waals surface area contributed by atoms with Crippen molar-refractivity contribution >= 4 is 23.4 Å². The maximum absolute atomic E-state index is 13.1. The molecule has 0 radical (unpaired) electrons. The molecule has 1 aliphatic rings. The number of ether oxygens (including phenoxy) is 1. The smallest absolute Gasteiger partial charge is 0.376 e. The molecule has 1 atom stereocenters. The van der Waals surface area contributed by atoms with Crippen molar-refractivity contribution in [3.05, 3.63) is 36.4 Å². The molecule has 1 amide bonds. The van der Waals surface area contributed by atoms with Gasteiger partial charge in [-0.25, -0.2) is 14.3 Å². The van der Waals surface area contributed by atoms with Gasteiger partial charge in [0, 0.05) is 6.61 Å². The predicted molar refractivity (Wildman–Crippen MR) is 103 cm³/mol. The molecule has 1 fully saturated rings. The summed E-state index contributed by atoms with van der Waals surface area (Å²) in [7, 11) is 0. The van der Waals surface area contributed by atoms with Crippen molar-refractivity contribution in [3.8, 4) is 5.69 Å². The van der Waals surface area contributed by atoms with Crippen LogP contribution in [0.5, 0.6) is 0 Å². The Morgan fingerprint density at radius 1 is 1.35 bits per heavy atom. The summed E-state index contributed by atoms with van der Waals surface area (Å²) in [5, 5.41) is 18.3. The van der Waals surface area contributed by atoms with Gasteiger partial charge < -0.3 is 10.1 Å². The van der Waals surface area contributed by atoms with Crippen LogP contribution in [0.3, 0.4) is 0 Å². The number of alkyl halides is 3. The first kappa shape index (κ1) is 21.2. The van der Waals surface area contributed by atoms with E-state index in [0.717, 1.165) is 36.7 Å². The number of hydrogen-bond acceptors (Lipinski definition) is 8. The van der Waals surface area contributed by atoms with Crippen LogP contribution in [-0.2, 0) is 22.3 Å². The zero-order valence-corrected chi connectivity index (χ0v) is 16.8. The summed E-state index contributed by atoms with van der Waals surface area (Å²) in [4.78, 5) is 16.3. The number of tetrazole rings is 1. The van der Waals surface area contributed by atoms with Crippen molar-refractivity contribution in [3.63, 3.8) is 0 Å². The fraction of sp³-hybridized carbons (Fsp3) is 0.412. The van der Waals surface area contributed by atoms with E-state index in [1.54, 1.807) is 4.68 Å². The Bertz CT molecular complexity index is 1030. The topological polar surface area (TPSA) is 113 Å². The number of thioether (sulfide) groups is 1. The maximum atomic E-state index is 13.1. The number of amides is 1. The molecule has 1 aliphatic heterocycles. The Labute approximate surface area is 178 Å². The van der Waals surface area contributed by atoms with Gasteiger partial charge in [-0.2, -0.15) is 18.3 Å². The molecule has 1 N–H and O–H groups in total. The Morgan fingerprint density at radius 3 is 2.94 bits per heavy atom. The number of anilines is 1. The fourth-order valence-electron chi connectivity index (χ4n) is 3.06. The summed E-state index contributed by atoms with van der Waals surface area (Å²) >= 11 is 1.08. The molecule has 2 aromatic heterocycles. The first-order valence-electron chi connectivity index (χ1n) is 9.27. The number of carbonyl (C=O) groups excluding carboxylic acids is 1. The maximum Gasteiger partial charge on any atom is 0.416 e. The van der Waals surface area contributed by atoms with Crippen LogP contribution in [0.15, 0.2) is 36.0 Å². The van der Waals surface area contributed by atoms with E-state index in [1.807, 2.05) is 0 Å². The lowest BCUT2D eigenvalue weighted by molar-refractivity contribution is -0.137. The van der Waals surface area contributed by atoms with Crippen LogP contribution in [-0.4, -0.2) is 59.3 Å². The van der Waals surface area contributed by atoms with Gasteiger partial charge in [0.25, 0.3) is 0 Å². The second-order valence-electron chi connectivity index (χ2n) is 6.69. The second-order valence-corrected chi connectivity index (χ2v) is 7.63. The summed E-state index contributed by atoms with van der Waals surface area (Å²) < 4.78 is 47.8. The van der Waals surface area contributed by atoms with Crippen molar-refractivity contribution in [1.82, 2.24) is 35.0 Å². The highest BCUT2D eigenvalue weighted by molar-refractivity contribution is 7.99. The van der Waals surface area contributed by atoms with Gasteiger partial charge in [-0.1, -0.05) is 11.8 Å². The Morgan fingerprint density at radius 2 is 2.23 bits per heavy atom. The minimum Gasteiger partial charge on any atom is -0.376 e. The molecule has 10 nitrogen and oxygen atoms in total. The molecule has 0 spiro atoms. The van der Waals surface area contributed by atoms with E-state index in [-0.39, 0.29) is 23.2 Å². The molecule has 0 saturated carbocycles. The van der Waals surface area contributed by atoms with Gasteiger partial charge in [0.15, 0.2) is 0 Å². The predicted octanol–water partition coefficient (Wildman–Crippen LogP) is 2.18. The summed E-state index contributed by atoms with van der Waals surface area (Å²) in [5.74, 6) is -0.615. The van der Waals surface area contributed by atoms with Gasteiger partial charge in [-0.05, 0) is 41.5 Å². The fourth-order valence-corrected chi connectivity index (χ4v) is 3.74. The number of rotatable bonds is 7. The monoisotopic (exact) mass is 454 g/mol. The second kappa shape index (κ2) is 9.01. The van der Waals surface area contributed by atoms with Crippen LogP contribution in [0.4, 0.5) is 18.9 Å². The van der Waals surface area contributed by atoms with Gasteiger partial charge in [0.05, 0.1) is 35.3 Å². The highest BCUT2D eigenvalue weighted by atomic mass is 32.2. The number of benzene rings is 1. The molecule has 14 heteroatoms. The molecule has 0 aliphatic carbocycles. The lowest BCUT2D eigenvalue weighted by Gasteiger charge is -2.14. The standard InChI is InChI=1S/C17H17F3N8O2S/c18-17(19,20)11-3-4-14(28-10-21-9-22-28)13(6-11)23-15(29)8-31-16-24-25-26-27(16)7-12-2-1-5-30-12/h3-4,6,9-10,12H,1-2,5,7-8H2,(H,23,29)/t12-/m0/s1. The van der Waals surface area contributed by atoms with Gasteiger partial charge in [0.1, 0.15) is 12.7 Å². The number of carbonyl (C=O) groups is 1. The molecule has 0 bridgehead atoms. The van der Waals surface area contributed by atoms with Crippen LogP contribution in [0.25, 0.3) is 5.69 Å². The van der Waals surface area contributed by atoms with Crippen LogP contribution < -0.4 is 5.32 Å². The zero-order valence-electron chi connectivity index (χ0n) is 16.0. The summed E-state index contributed by atoms with van der Waals surface area (Å²) in [6, 6.07) is 3.00. The van der Waals surface area contributed by atoms with E-state index in [2.05, 4.69) is 30.9 Å². The molecule has 3 aromatic rings. The molecular formula is C17H17F3N8O2S. The molecule has 1 aromatic carbocycles. The number of nitrogens with one attached hydrogen (secondary N) is 1. The van der Waals surface area contributed by atoms with Crippen LogP contribution in [0.1, 0.15) is 18.4 Å². The van der Waals surface area contributed by atoms with E-state index in [1.165, 1.54) is 23.4 Å². The Hall–Kier alpha value is -3.00. The van der Waals surface area contributed by atoms with Gasteiger partial charge in [-0.15, -0.1) is 5.10 Å². The summed E-state index contributed by atoms with van der Waals surface area (Å²) in [6.07, 6.45) is -0.0842. The van der Waals surface area contributed by atoms with Crippen molar-refractivity contribution in [2.45, 2.75) is 36.8 Å². The third kappa shape index (κ3) is 5.19.